The Hall–Kier alpha value is -2.63. The molecular formula is C25H33N3O2. The molecule has 0 saturated heterocycles. The molecule has 3 aromatic rings. The number of hydrogen-bond donors (Lipinski definition) is 1. The summed E-state index contributed by atoms with van der Waals surface area (Å²) in [5.41, 5.74) is 5.41. The van der Waals surface area contributed by atoms with Gasteiger partial charge in [0.1, 0.15) is 5.69 Å². The molecule has 0 amide bonds. The Morgan fingerprint density at radius 3 is 2.37 bits per heavy atom. The maximum Gasteiger partial charge on any atom is 0.232 e. The first-order chi connectivity index (χ1) is 14.3. The molecule has 1 N–H and O–H groups in total. The zero-order valence-corrected chi connectivity index (χ0v) is 18.7. The van der Waals surface area contributed by atoms with E-state index in [0.717, 1.165) is 29.2 Å². The zero-order valence-electron chi connectivity index (χ0n) is 18.7. The third-order valence-corrected chi connectivity index (χ3v) is 5.30. The van der Waals surface area contributed by atoms with Gasteiger partial charge < -0.3 is 14.5 Å². The molecule has 1 atom stereocenters. The van der Waals surface area contributed by atoms with Crippen LogP contribution in [0.5, 0.6) is 0 Å². The average molecular weight is 408 g/mol. The molecule has 0 aliphatic rings. The molecule has 0 saturated carbocycles. The van der Waals surface area contributed by atoms with Crippen molar-refractivity contribution in [1.82, 2.24) is 10.1 Å². The maximum atomic E-state index is 10.1. The Kier molecular flexibility index (Phi) is 7.29. The first-order valence-corrected chi connectivity index (χ1v) is 10.6. The SMILES string of the molecule is Cc1cccc(CN(Cc2c(-c3ccccc3)noc2N(C)C(C)C)C[C@H](C)O)c1. The number of benzene rings is 2. The summed E-state index contributed by atoms with van der Waals surface area (Å²) in [6, 6.07) is 18.9. The van der Waals surface area contributed by atoms with Gasteiger partial charge in [0.15, 0.2) is 0 Å². The molecule has 2 aromatic carbocycles. The molecule has 0 unspecified atom stereocenters. The fraction of sp³-hybridized carbons (Fsp3) is 0.400. The first-order valence-electron chi connectivity index (χ1n) is 10.6. The van der Waals surface area contributed by atoms with Crippen LogP contribution in [-0.4, -0.2) is 40.9 Å². The summed E-state index contributed by atoms with van der Waals surface area (Å²) >= 11 is 0. The molecule has 3 rings (SSSR count). The van der Waals surface area contributed by atoms with Gasteiger partial charge >= 0.3 is 0 Å². The van der Waals surface area contributed by atoms with Gasteiger partial charge in [-0.1, -0.05) is 65.3 Å². The van der Waals surface area contributed by atoms with Gasteiger partial charge in [0.2, 0.25) is 5.88 Å². The standard InChI is InChI=1S/C25H33N3O2/c1-18(2)27(5)25-23(24(26-30-25)22-12-7-6-8-13-22)17-28(15-20(4)29)16-21-11-9-10-19(3)14-21/h6-14,18,20,29H,15-17H2,1-5H3/t20-/m0/s1. The van der Waals surface area contributed by atoms with Crippen LogP contribution in [0.3, 0.4) is 0 Å². The molecule has 30 heavy (non-hydrogen) atoms. The summed E-state index contributed by atoms with van der Waals surface area (Å²) in [5, 5.41) is 14.6. The summed E-state index contributed by atoms with van der Waals surface area (Å²) in [6.45, 7) is 10.2. The van der Waals surface area contributed by atoms with E-state index in [2.05, 4.69) is 72.1 Å². The third kappa shape index (κ3) is 5.49. The van der Waals surface area contributed by atoms with Gasteiger partial charge in [-0.2, -0.15) is 0 Å². The van der Waals surface area contributed by atoms with Crippen molar-refractivity contribution in [2.45, 2.75) is 52.9 Å². The van der Waals surface area contributed by atoms with Gasteiger partial charge in [-0.05, 0) is 33.3 Å². The van der Waals surface area contributed by atoms with Crippen LogP contribution in [0.2, 0.25) is 0 Å². The van der Waals surface area contributed by atoms with E-state index < -0.39 is 6.10 Å². The molecule has 5 heteroatoms. The summed E-state index contributed by atoms with van der Waals surface area (Å²) in [6.07, 6.45) is -0.430. The van der Waals surface area contributed by atoms with Crippen molar-refractivity contribution in [3.63, 3.8) is 0 Å². The number of hydrogen-bond acceptors (Lipinski definition) is 5. The highest BCUT2D eigenvalue weighted by Crippen LogP contribution is 2.33. The van der Waals surface area contributed by atoms with Crippen LogP contribution < -0.4 is 4.90 Å². The molecule has 1 aromatic heterocycles. The van der Waals surface area contributed by atoms with Gasteiger partial charge in [0.05, 0.1) is 11.7 Å². The van der Waals surface area contributed by atoms with E-state index in [1.807, 2.05) is 32.2 Å². The average Bonchev–Trinajstić information content (AvgIpc) is 3.10. The molecule has 0 bridgehead atoms. The second-order valence-corrected chi connectivity index (χ2v) is 8.39. The Morgan fingerprint density at radius 1 is 1.00 bits per heavy atom. The lowest BCUT2D eigenvalue weighted by molar-refractivity contribution is 0.118. The molecule has 0 radical (unpaired) electrons. The molecule has 1 heterocycles. The number of nitrogens with zero attached hydrogens (tertiary/aromatic N) is 3. The van der Waals surface area contributed by atoms with E-state index in [0.29, 0.717) is 13.1 Å². The van der Waals surface area contributed by atoms with Crippen LogP contribution in [-0.2, 0) is 13.1 Å². The highest BCUT2D eigenvalue weighted by atomic mass is 16.5. The highest BCUT2D eigenvalue weighted by molar-refractivity contribution is 5.68. The van der Waals surface area contributed by atoms with Crippen LogP contribution in [0.15, 0.2) is 59.1 Å². The molecule has 0 spiro atoms. The predicted octanol–water partition coefficient (Wildman–Crippen LogP) is 4.88. The zero-order chi connectivity index (χ0) is 21.7. The second-order valence-electron chi connectivity index (χ2n) is 8.39. The summed E-state index contributed by atoms with van der Waals surface area (Å²) in [5.74, 6) is 0.781. The molecule has 5 nitrogen and oxygen atoms in total. The minimum Gasteiger partial charge on any atom is -0.392 e. The van der Waals surface area contributed by atoms with Crippen LogP contribution >= 0.6 is 0 Å². The van der Waals surface area contributed by atoms with Gasteiger partial charge in [0.25, 0.3) is 0 Å². The number of aryl methyl sites for hydroxylation is 1. The maximum absolute atomic E-state index is 10.1. The van der Waals surface area contributed by atoms with Crippen LogP contribution in [0, 0.1) is 6.92 Å². The molecule has 0 fully saturated rings. The van der Waals surface area contributed by atoms with Gasteiger partial charge in [-0.3, -0.25) is 4.90 Å². The summed E-state index contributed by atoms with van der Waals surface area (Å²) in [7, 11) is 2.03. The van der Waals surface area contributed by atoms with Crippen molar-refractivity contribution in [2.24, 2.45) is 0 Å². The van der Waals surface area contributed by atoms with Gasteiger partial charge in [0, 0.05) is 38.3 Å². The molecular weight excluding hydrogens is 374 g/mol. The molecule has 0 aliphatic heterocycles. The van der Waals surface area contributed by atoms with Crippen LogP contribution in [0.25, 0.3) is 11.3 Å². The van der Waals surface area contributed by atoms with E-state index in [1.54, 1.807) is 0 Å². The monoisotopic (exact) mass is 407 g/mol. The third-order valence-electron chi connectivity index (χ3n) is 5.30. The van der Waals surface area contributed by atoms with Crippen LogP contribution in [0.1, 0.15) is 37.5 Å². The lowest BCUT2D eigenvalue weighted by Crippen LogP contribution is -2.32. The van der Waals surface area contributed by atoms with Crippen molar-refractivity contribution >= 4 is 5.88 Å². The number of anilines is 1. The summed E-state index contributed by atoms with van der Waals surface area (Å²) in [4.78, 5) is 4.37. The molecule has 0 aliphatic carbocycles. The van der Waals surface area contributed by atoms with E-state index in [9.17, 15) is 5.11 Å². The lowest BCUT2D eigenvalue weighted by Gasteiger charge is -2.26. The Bertz CT molecular complexity index is 935. The van der Waals surface area contributed by atoms with Crippen molar-refractivity contribution in [3.05, 3.63) is 71.3 Å². The fourth-order valence-electron chi connectivity index (χ4n) is 3.63. The highest BCUT2D eigenvalue weighted by Gasteiger charge is 2.24. The number of aliphatic hydroxyl groups excluding tert-OH is 1. The number of rotatable bonds is 9. The second kappa shape index (κ2) is 9.92. The normalized spacial score (nSPS) is 12.5. The Morgan fingerprint density at radius 2 is 1.73 bits per heavy atom. The molecule has 160 valence electrons. The number of aliphatic hydroxyl groups is 1. The minimum atomic E-state index is -0.430. The van der Waals surface area contributed by atoms with Crippen molar-refractivity contribution < 1.29 is 9.63 Å². The van der Waals surface area contributed by atoms with Crippen LogP contribution in [0.4, 0.5) is 5.88 Å². The lowest BCUT2D eigenvalue weighted by atomic mass is 10.1. The van der Waals surface area contributed by atoms with Gasteiger partial charge in [-0.15, -0.1) is 0 Å². The van der Waals surface area contributed by atoms with E-state index >= 15 is 0 Å². The van der Waals surface area contributed by atoms with Crippen molar-refractivity contribution in [3.8, 4) is 11.3 Å². The van der Waals surface area contributed by atoms with Crippen molar-refractivity contribution in [1.29, 1.82) is 0 Å². The van der Waals surface area contributed by atoms with E-state index in [1.165, 1.54) is 11.1 Å². The van der Waals surface area contributed by atoms with E-state index in [4.69, 9.17) is 4.52 Å². The van der Waals surface area contributed by atoms with Gasteiger partial charge in [-0.25, -0.2) is 0 Å². The van der Waals surface area contributed by atoms with E-state index in [-0.39, 0.29) is 6.04 Å². The first kappa shape index (κ1) is 22.1. The predicted molar refractivity (Wildman–Crippen MR) is 122 cm³/mol. The minimum absolute atomic E-state index is 0.280. The largest absolute Gasteiger partial charge is 0.392 e. The van der Waals surface area contributed by atoms with Crippen molar-refractivity contribution in [2.75, 3.05) is 18.5 Å². The topological polar surface area (TPSA) is 52.7 Å². The Labute approximate surface area is 179 Å². The smallest absolute Gasteiger partial charge is 0.232 e. The fourth-order valence-corrected chi connectivity index (χ4v) is 3.63. The number of aromatic nitrogens is 1. The quantitative estimate of drug-likeness (QED) is 0.548. The Balaban J connectivity index is 1.98. The summed E-state index contributed by atoms with van der Waals surface area (Å²) < 4.78 is 5.84.